The van der Waals surface area contributed by atoms with E-state index >= 15 is 0 Å². The lowest BCUT2D eigenvalue weighted by atomic mass is 10.1. The molecule has 0 saturated heterocycles. The molecule has 0 spiro atoms. The molecule has 1 aromatic rings. The number of hydrogen-bond acceptors (Lipinski definition) is 7. The molecule has 0 radical (unpaired) electrons. The van der Waals surface area contributed by atoms with Crippen molar-refractivity contribution in [3.05, 3.63) is 35.9 Å². The number of benzene rings is 1. The molecule has 0 fully saturated rings. The third kappa shape index (κ3) is 16.7. The molecule has 32 heavy (non-hydrogen) atoms. The zero-order valence-electron chi connectivity index (χ0n) is 19.6. The van der Waals surface area contributed by atoms with Gasteiger partial charge in [-0.15, -0.1) is 0 Å². The van der Waals surface area contributed by atoms with E-state index in [4.69, 9.17) is 23.7 Å². The molecule has 0 aliphatic heterocycles. The van der Waals surface area contributed by atoms with E-state index in [0.717, 1.165) is 12.8 Å². The van der Waals surface area contributed by atoms with Crippen molar-refractivity contribution in [1.82, 2.24) is 0 Å². The molecule has 0 saturated carbocycles. The summed E-state index contributed by atoms with van der Waals surface area (Å²) in [5, 5.41) is 0. The van der Waals surface area contributed by atoms with Gasteiger partial charge in [-0.05, 0) is 18.6 Å². The summed E-state index contributed by atoms with van der Waals surface area (Å²) in [5.41, 5.74) is 0.527. The van der Waals surface area contributed by atoms with Crippen molar-refractivity contribution < 1.29 is 33.3 Å². The number of rotatable bonds is 21. The highest BCUT2D eigenvalue weighted by atomic mass is 16.6. The second-order valence-corrected chi connectivity index (χ2v) is 7.43. The van der Waals surface area contributed by atoms with Crippen LogP contribution >= 0.6 is 0 Å². The summed E-state index contributed by atoms with van der Waals surface area (Å²) in [6.45, 7) is 5.11. The summed E-state index contributed by atoms with van der Waals surface area (Å²) < 4.78 is 26.4. The SMILES string of the molecule is CCCCCCCCCC(=O)OCCOCCOCCOCCOC(=O)c1ccccc1. The molecule has 1 aromatic carbocycles. The van der Waals surface area contributed by atoms with Crippen LogP contribution < -0.4 is 0 Å². The molecule has 0 atom stereocenters. The molecule has 0 aliphatic carbocycles. The van der Waals surface area contributed by atoms with Gasteiger partial charge in [0, 0.05) is 6.42 Å². The van der Waals surface area contributed by atoms with E-state index in [0.29, 0.717) is 51.6 Å². The fourth-order valence-corrected chi connectivity index (χ4v) is 2.91. The number of unbranched alkanes of at least 4 members (excludes halogenated alkanes) is 6. The molecule has 0 aliphatic rings. The van der Waals surface area contributed by atoms with E-state index in [9.17, 15) is 9.59 Å². The van der Waals surface area contributed by atoms with E-state index in [1.54, 1.807) is 24.3 Å². The summed E-state index contributed by atoms with van der Waals surface area (Å²) in [6.07, 6.45) is 8.79. The summed E-state index contributed by atoms with van der Waals surface area (Å²) in [4.78, 5) is 23.3. The molecule has 0 aromatic heterocycles. The van der Waals surface area contributed by atoms with Gasteiger partial charge in [0.1, 0.15) is 13.2 Å². The largest absolute Gasteiger partial charge is 0.463 e. The van der Waals surface area contributed by atoms with Gasteiger partial charge in [0.25, 0.3) is 0 Å². The fraction of sp³-hybridized carbons (Fsp3) is 0.680. The molecule has 0 amide bonds. The summed E-state index contributed by atoms with van der Waals surface area (Å²) >= 11 is 0. The fourth-order valence-electron chi connectivity index (χ4n) is 2.91. The van der Waals surface area contributed by atoms with Crippen molar-refractivity contribution in [3.8, 4) is 0 Å². The Bertz CT molecular complexity index is 577. The molecule has 0 unspecified atom stereocenters. The molecular formula is C25H40O7. The third-order valence-electron chi connectivity index (χ3n) is 4.69. The van der Waals surface area contributed by atoms with Gasteiger partial charge in [0.15, 0.2) is 0 Å². The lowest BCUT2D eigenvalue weighted by Gasteiger charge is -2.08. The molecule has 7 heteroatoms. The van der Waals surface area contributed by atoms with E-state index in [-0.39, 0.29) is 25.2 Å². The minimum Gasteiger partial charge on any atom is -0.463 e. The van der Waals surface area contributed by atoms with Crippen LogP contribution in [0.2, 0.25) is 0 Å². The van der Waals surface area contributed by atoms with Gasteiger partial charge in [-0.25, -0.2) is 4.79 Å². The van der Waals surface area contributed by atoms with Crippen molar-refractivity contribution in [2.24, 2.45) is 0 Å². The van der Waals surface area contributed by atoms with E-state index in [1.165, 1.54) is 32.1 Å². The number of hydrogen-bond donors (Lipinski definition) is 0. The minimum absolute atomic E-state index is 0.148. The lowest BCUT2D eigenvalue weighted by Crippen LogP contribution is -2.15. The van der Waals surface area contributed by atoms with Crippen LogP contribution in [0.1, 0.15) is 68.6 Å². The molecular weight excluding hydrogens is 412 g/mol. The standard InChI is InChI=1S/C25H40O7/c1-2-3-4-5-6-7-11-14-24(26)31-21-19-29-17-15-28-16-18-30-20-22-32-25(27)23-12-9-8-10-13-23/h8-10,12-13H,2-7,11,14-22H2,1H3. The topological polar surface area (TPSA) is 80.3 Å². The maximum atomic E-state index is 11.7. The van der Waals surface area contributed by atoms with Gasteiger partial charge in [0.2, 0.25) is 0 Å². The first-order valence-corrected chi connectivity index (χ1v) is 11.8. The molecule has 182 valence electrons. The van der Waals surface area contributed by atoms with Crippen LogP contribution in [-0.2, 0) is 28.5 Å². The smallest absolute Gasteiger partial charge is 0.338 e. The Morgan fingerprint density at radius 3 is 1.72 bits per heavy atom. The second-order valence-electron chi connectivity index (χ2n) is 7.43. The maximum Gasteiger partial charge on any atom is 0.338 e. The van der Waals surface area contributed by atoms with Gasteiger partial charge < -0.3 is 23.7 Å². The highest BCUT2D eigenvalue weighted by molar-refractivity contribution is 5.89. The lowest BCUT2D eigenvalue weighted by molar-refractivity contribution is -0.145. The monoisotopic (exact) mass is 452 g/mol. The first-order valence-electron chi connectivity index (χ1n) is 11.8. The average Bonchev–Trinajstić information content (AvgIpc) is 2.81. The van der Waals surface area contributed by atoms with Crippen molar-refractivity contribution in [2.45, 2.75) is 58.3 Å². The van der Waals surface area contributed by atoms with E-state index in [1.807, 2.05) is 6.07 Å². The molecule has 0 heterocycles. The Kier molecular flexibility index (Phi) is 18.3. The van der Waals surface area contributed by atoms with Crippen LogP contribution in [0, 0.1) is 0 Å². The first kappa shape index (κ1) is 28.1. The Hall–Kier alpha value is -1.96. The summed E-state index contributed by atoms with van der Waals surface area (Å²) in [5.74, 6) is -0.504. The number of carbonyl (C=O) groups excluding carboxylic acids is 2. The van der Waals surface area contributed by atoms with Crippen LogP contribution in [0.3, 0.4) is 0 Å². The Morgan fingerprint density at radius 1 is 0.625 bits per heavy atom. The summed E-state index contributed by atoms with van der Waals surface area (Å²) in [7, 11) is 0. The second kappa shape index (κ2) is 20.9. The first-order chi connectivity index (χ1) is 15.7. The van der Waals surface area contributed by atoms with Crippen LogP contribution in [0.4, 0.5) is 0 Å². The van der Waals surface area contributed by atoms with Gasteiger partial charge in [-0.3, -0.25) is 4.79 Å². The maximum absolute atomic E-state index is 11.7. The summed E-state index contributed by atoms with van der Waals surface area (Å²) in [6, 6.07) is 8.84. The van der Waals surface area contributed by atoms with Gasteiger partial charge in [-0.2, -0.15) is 0 Å². The predicted molar refractivity (Wildman–Crippen MR) is 123 cm³/mol. The Labute approximate surface area is 192 Å². The quantitative estimate of drug-likeness (QED) is 0.199. The van der Waals surface area contributed by atoms with Crippen LogP contribution in [0.25, 0.3) is 0 Å². The minimum atomic E-state index is -0.355. The molecule has 7 nitrogen and oxygen atoms in total. The van der Waals surface area contributed by atoms with Crippen molar-refractivity contribution in [2.75, 3.05) is 52.9 Å². The molecule has 1 rings (SSSR count). The van der Waals surface area contributed by atoms with E-state index in [2.05, 4.69) is 6.92 Å². The predicted octanol–water partition coefficient (Wildman–Crippen LogP) is 4.58. The normalized spacial score (nSPS) is 10.8. The van der Waals surface area contributed by atoms with Crippen molar-refractivity contribution >= 4 is 11.9 Å². The number of ether oxygens (including phenoxy) is 5. The van der Waals surface area contributed by atoms with Gasteiger partial charge >= 0.3 is 11.9 Å². The number of carbonyl (C=O) groups is 2. The van der Waals surface area contributed by atoms with Crippen molar-refractivity contribution in [1.29, 1.82) is 0 Å². The van der Waals surface area contributed by atoms with Crippen LogP contribution in [0.15, 0.2) is 30.3 Å². The average molecular weight is 453 g/mol. The van der Waals surface area contributed by atoms with Crippen LogP contribution in [0.5, 0.6) is 0 Å². The zero-order valence-corrected chi connectivity index (χ0v) is 19.6. The van der Waals surface area contributed by atoms with E-state index < -0.39 is 0 Å². The Balaban J connectivity index is 1.77. The van der Waals surface area contributed by atoms with Gasteiger partial charge in [-0.1, -0.05) is 63.6 Å². The third-order valence-corrected chi connectivity index (χ3v) is 4.69. The number of esters is 2. The molecule has 0 N–H and O–H groups in total. The zero-order chi connectivity index (χ0) is 23.1. The van der Waals surface area contributed by atoms with Crippen LogP contribution in [-0.4, -0.2) is 64.8 Å². The van der Waals surface area contributed by atoms with Gasteiger partial charge in [0.05, 0.1) is 45.2 Å². The van der Waals surface area contributed by atoms with Crippen molar-refractivity contribution in [3.63, 3.8) is 0 Å². The Morgan fingerprint density at radius 2 is 1.12 bits per heavy atom. The molecule has 0 bridgehead atoms. The highest BCUT2D eigenvalue weighted by Gasteiger charge is 2.05. The highest BCUT2D eigenvalue weighted by Crippen LogP contribution is 2.08.